The van der Waals surface area contributed by atoms with E-state index < -0.39 is 15.8 Å². The summed E-state index contributed by atoms with van der Waals surface area (Å²) in [6.07, 6.45) is 1.83. The monoisotopic (exact) mass is 314 g/mol. The Bertz CT molecular complexity index is 601. The van der Waals surface area contributed by atoms with Gasteiger partial charge in [-0.15, -0.1) is 0 Å². The third kappa shape index (κ3) is 3.79. The second-order valence-electron chi connectivity index (χ2n) is 5.08. The lowest BCUT2D eigenvalue weighted by atomic mass is 10.1. The Balaban J connectivity index is 2.12. The smallest absolute Gasteiger partial charge is 0.243 e. The Morgan fingerprint density at radius 3 is 2.67 bits per heavy atom. The van der Waals surface area contributed by atoms with Crippen molar-refractivity contribution in [2.45, 2.75) is 37.1 Å². The van der Waals surface area contributed by atoms with Crippen LogP contribution in [0, 0.1) is 5.82 Å². The zero-order chi connectivity index (χ0) is 15.5. The second-order valence-corrected chi connectivity index (χ2v) is 7.02. The predicted molar refractivity (Wildman–Crippen MR) is 76.6 cm³/mol. The number of benzene rings is 1. The van der Waals surface area contributed by atoms with E-state index in [1.165, 1.54) is 16.4 Å². The summed E-state index contributed by atoms with van der Waals surface area (Å²) in [6, 6.07) is 4.62. The summed E-state index contributed by atoms with van der Waals surface area (Å²) in [6.45, 7) is 2.43. The Hall–Kier alpha value is -1.47. The van der Waals surface area contributed by atoms with Gasteiger partial charge in [0.05, 0.1) is 4.90 Å². The second kappa shape index (κ2) is 6.53. The van der Waals surface area contributed by atoms with Crippen LogP contribution in [0.1, 0.15) is 26.2 Å². The van der Waals surface area contributed by atoms with Crippen LogP contribution in [0.25, 0.3) is 0 Å². The molecule has 1 fully saturated rings. The van der Waals surface area contributed by atoms with Crippen molar-refractivity contribution in [2.24, 2.45) is 0 Å². The van der Waals surface area contributed by atoms with Gasteiger partial charge in [0, 0.05) is 25.6 Å². The van der Waals surface area contributed by atoms with Crippen molar-refractivity contribution in [1.29, 1.82) is 0 Å². The van der Waals surface area contributed by atoms with Gasteiger partial charge < -0.3 is 5.32 Å². The maximum atomic E-state index is 12.9. The molecule has 1 N–H and O–H groups in total. The van der Waals surface area contributed by atoms with Gasteiger partial charge in [-0.1, -0.05) is 6.92 Å². The highest BCUT2D eigenvalue weighted by Gasteiger charge is 2.30. The molecule has 0 radical (unpaired) electrons. The van der Waals surface area contributed by atoms with Crippen LogP contribution in [0.4, 0.5) is 4.39 Å². The van der Waals surface area contributed by atoms with E-state index in [1.807, 2.05) is 0 Å². The fourth-order valence-corrected chi connectivity index (χ4v) is 3.89. The predicted octanol–water partition coefficient (Wildman–Crippen LogP) is 1.51. The minimum Gasteiger partial charge on any atom is -0.352 e. The van der Waals surface area contributed by atoms with Crippen molar-refractivity contribution in [3.8, 4) is 0 Å². The molecule has 1 aliphatic heterocycles. The summed E-state index contributed by atoms with van der Waals surface area (Å²) in [5.41, 5.74) is 0. The van der Waals surface area contributed by atoms with E-state index in [0.717, 1.165) is 18.6 Å². The first-order valence-corrected chi connectivity index (χ1v) is 8.42. The van der Waals surface area contributed by atoms with Crippen LogP contribution in [0.5, 0.6) is 0 Å². The Morgan fingerprint density at radius 1 is 1.38 bits per heavy atom. The van der Waals surface area contributed by atoms with E-state index >= 15 is 0 Å². The SMILES string of the molecule is CCC(=O)NC1CCCN(S(=O)(=O)c2ccc(F)cc2)C1. The molecule has 2 rings (SSSR count). The van der Waals surface area contributed by atoms with E-state index in [-0.39, 0.29) is 23.4 Å². The first kappa shape index (κ1) is 15.9. The van der Waals surface area contributed by atoms with E-state index in [9.17, 15) is 17.6 Å². The molecule has 1 atom stereocenters. The number of sulfonamides is 1. The minimum atomic E-state index is -3.64. The number of carbonyl (C=O) groups excluding carboxylic acids is 1. The summed E-state index contributed by atoms with van der Waals surface area (Å²) in [4.78, 5) is 11.5. The van der Waals surface area contributed by atoms with Gasteiger partial charge >= 0.3 is 0 Å². The number of nitrogens with one attached hydrogen (secondary N) is 1. The molecule has 1 unspecified atom stereocenters. The Morgan fingerprint density at radius 2 is 2.05 bits per heavy atom. The average molecular weight is 314 g/mol. The van der Waals surface area contributed by atoms with Crippen LogP contribution in [0.3, 0.4) is 0 Å². The molecule has 1 saturated heterocycles. The van der Waals surface area contributed by atoms with Crippen LogP contribution >= 0.6 is 0 Å². The summed E-state index contributed by atoms with van der Waals surface area (Å²) < 4.78 is 39.2. The van der Waals surface area contributed by atoms with Crippen LogP contribution < -0.4 is 5.32 Å². The van der Waals surface area contributed by atoms with E-state index in [2.05, 4.69) is 5.32 Å². The summed E-state index contributed by atoms with van der Waals surface area (Å²) in [5, 5.41) is 2.83. The largest absolute Gasteiger partial charge is 0.352 e. The van der Waals surface area contributed by atoms with Crippen LogP contribution in [0.15, 0.2) is 29.2 Å². The molecule has 0 aromatic heterocycles. The fraction of sp³-hybridized carbons (Fsp3) is 0.500. The number of rotatable bonds is 4. The van der Waals surface area contributed by atoms with E-state index in [1.54, 1.807) is 6.92 Å². The zero-order valence-corrected chi connectivity index (χ0v) is 12.7. The van der Waals surface area contributed by atoms with Crippen molar-refractivity contribution in [2.75, 3.05) is 13.1 Å². The molecule has 0 spiro atoms. The van der Waals surface area contributed by atoms with Crippen LogP contribution in [-0.4, -0.2) is 37.8 Å². The van der Waals surface area contributed by atoms with Crippen molar-refractivity contribution >= 4 is 15.9 Å². The van der Waals surface area contributed by atoms with Gasteiger partial charge in [-0.25, -0.2) is 12.8 Å². The average Bonchev–Trinajstić information content (AvgIpc) is 2.48. The highest BCUT2D eigenvalue weighted by molar-refractivity contribution is 7.89. The molecule has 0 bridgehead atoms. The van der Waals surface area contributed by atoms with Gasteiger partial charge in [0.2, 0.25) is 15.9 Å². The van der Waals surface area contributed by atoms with Crippen LogP contribution in [0.2, 0.25) is 0 Å². The number of amides is 1. The summed E-state index contributed by atoms with van der Waals surface area (Å²) in [5.74, 6) is -0.554. The number of hydrogen-bond acceptors (Lipinski definition) is 3. The molecule has 0 aliphatic carbocycles. The van der Waals surface area contributed by atoms with Crippen molar-refractivity contribution < 1.29 is 17.6 Å². The number of carbonyl (C=O) groups is 1. The molecular weight excluding hydrogens is 295 g/mol. The highest BCUT2D eigenvalue weighted by atomic mass is 32.2. The standard InChI is InChI=1S/C14H19FN2O3S/c1-2-14(18)16-12-4-3-9-17(10-12)21(19,20)13-7-5-11(15)6-8-13/h5-8,12H,2-4,9-10H2,1H3,(H,16,18). The van der Waals surface area contributed by atoms with Gasteiger partial charge in [-0.3, -0.25) is 4.79 Å². The van der Waals surface area contributed by atoms with Gasteiger partial charge in [-0.05, 0) is 37.1 Å². The maximum Gasteiger partial charge on any atom is 0.243 e. The highest BCUT2D eigenvalue weighted by Crippen LogP contribution is 2.21. The molecule has 116 valence electrons. The number of halogens is 1. The van der Waals surface area contributed by atoms with E-state index in [0.29, 0.717) is 19.4 Å². The number of piperidine rings is 1. The van der Waals surface area contributed by atoms with Gasteiger partial charge in [0.25, 0.3) is 0 Å². The van der Waals surface area contributed by atoms with Gasteiger partial charge in [0.1, 0.15) is 5.82 Å². The third-order valence-electron chi connectivity index (χ3n) is 3.52. The molecule has 1 aliphatic rings. The zero-order valence-electron chi connectivity index (χ0n) is 11.9. The summed E-state index contributed by atoms with van der Waals surface area (Å²) >= 11 is 0. The molecular formula is C14H19FN2O3S. The molecule has 1 amide bonds. The lowest BCUT2D eigenvalue weighted by Gasteiger charge is -2.32. The van der Waals surface area contributed by atoms with Gasteiger partial charge in [-0.2, -0.15) is 4.31 Å². The molecule has 21 heavy (non-hydrogen) atoms. The Labute approximate surface area is 124 Å². The third-order valence-corrected chi connectivity index (χ3v) is 5.40. The lowest BCUT2D eigenvalue weighted by Crippen LogP contribution is -2.49. The lowest BCUT2D eigenvalue weighted by molar-refractivity contribution is -0.121. The molecule has 1 aromatic rings. The van der Waals surface area contributed by atoms with E-state index in [4.69, 9.17) is 0 Å². The van der Waals surface area contributed by atoms with Gasteiger partial charge in [0.15, 0.2) is 0 Å². The molecule has 5 nitrogen and oxygen atoms in total. The summed E-state index contributed by atoms with van der Waals surface area (Å²) in [7, 11) is -3.64. The normalized spacial score (nSPS) is 20.2. The molecule has 0 saturated carbocycles. The Kier molecular flexibility index (Phi) is 4.95. The van der Waals surface area contributed by atoms with Crippen LogP contribution in [-0.2, 0) is 14.8 Å². The van der Waals surface area contributed by atoms with Crippen molar-refractivity contribution in [3.63, 3.8) is 0 Å². The first-order chi connectivity index (χ1) is 9.93. The number of nitrogens with zero attached hydrogens (tertiary/aromatic N) is 1. The maximum absolute atomic E-state index is 12.9. The topological polar surface area (TPSA) is 66.5 Å². The first-order valence-electron chi connectivity index (χ1n) is 6.98. The molecule has 7 heteroatoms. The fourth-order valence-electron chi connectivity index (χ4n) is 2.36. The van der Waals surface area contributed by atoms with Crippen molar-refractivity contribution in [1.82, 2.24) is 9.62 Å². The van der Waals surface area contributed by atoms with Crippen molar-refractivity contribution in [3.05, 3.63) is 30.1 Å². The molecule has 1 heterocycles. The minimum absolute atomic E-state index is 0.0753. The quantitative estimate of drug-likeness (QED) is 0.916. The number of hydrogen-bond donors (Lipinski definition) is 1. The molecule has 1 aromatic carbocycles.